The maximum absolute atomic E-state index is 4.93. The van der Waals surface area contributed by atoms with E-state index in [2.05, 4.69) is 217 Å². The quantitative estimate of drug-likeness (QED) is 0.155. The smallest absolute Gasteiger partial charge is 0.0709 e. The average molecular weight is 745 g/mol. The predicted octanol–water partition coefficient (Wildman–Crippen LogP) is 14.3. The second-order valence-electron chi connectivity index (χ2n) is 14.8. The minimum Gasteiger partial charge on any atom is -0.310 e. The molecule has 0 saturated carbocycles. The number of aromatic nitrogens is 3. The van der Waals surface area contributed by atoms with Crippen LogP contribution < -0.4 is 4.90 Å². The molecule has 3 aromatic heterocycles. The van der Waals surface area contributed by atoms with E-state index < -0.39 is 0 Å². The SMILES string of the molecule is Cc1cnc(-c2cccc(N(c3ccc(-n4c5ccccc5c5ccccc54)cc3)c3cccc(-c4cc(-c5ccccc5)c(C)cn4)c3)c2)cc1-c1ccccc1. The Balaban J connectivity index is 1.10. The van der Waals surface area contributed by atoms with Crippen molar-refractivity contribution in [3.05, 3.63) is 218 Å². The predicted molar refractivity (Wildman–Crippen MR) is 242 cm³/mol. The largest absolute Gasteiger partial charge is 0.310 e. The van der Waals surface area contributed by atoms with Crippen LogP contribution >= 0.6 is 0 Å². The summed E-state index contributed by atoms with van der Waals surface area (Å²) in [5.41, 5.74) is 17.6. The Bertz CT molecular complexity index is 2890. The van der Waals surface area contributed by atoms with Crippen molar-refractivity contribution in [2.45, 2.75) is 13.8 Å². The molecule has 0 bridgehead atoms. The van der Waals surface area contributed by atoms with Gasteiger partial charge in [-0.3, -0.25) is 9.97 Å². The summed E-state index contributed by atoms with van der Waals surface area (Å²) in [6.45, 7) is 4.25. The Hall–Kier alpha value is -7.56. The van der Waals surface area contributed by atoms with Gasteiger partial charge in [-0.25, -0.2) is 0 Å². The van der Waals surface area contributed by atoms with Gasteiger partial charge in [0.05, 0.1) is 22.4 Å². The van der Waals surface area contributed by atoms with E-state index in [1.54, 1.807) is 0 Å². The molecule has 0 spiro atoms. The molecule has 0 aliphatic heterocycles. The fraction of sp³-hybridized carbons (Fsp3) is 0.0370. The van der Waals surface area contributed by atoms with Crippen LogP contribution in [0.1, 0.15) is 11.1 Å². The third-order valence-electron chi connectivity index (χ3n) is 11.1. The lowest BCUT2D eigenvalue weighted by Gasteiger charge is -2.27. The van der Waals surface area contributed by atoms with Gasteiger partial charge < -0.3 is 9.47 Å². The van der Waals surface area contributed by atoms with Gasteiger partial charge in [0.25, 0.3) is 0 Å². The molecule has 10 aromatic rings. The van der Waals surface area contributed by atoms with Gasteiger partial charge in [0.15, 0.2) is 0 Å². The van der Waals surface area contributed by atoms with Gasteiger partial charge in [-0.2, -0.15) is 0 Å². The van der Waals surface area contributed by atoms with E-state index >= 15 is 0 Å². The van der Waals surface area contributed by atoms with Gasteiger partial charge in [0, 0.05) is 57.0 Å². The minimum atomic E-state index is 0.930. The molecule has 0 fully saturated rings. The van der Waals surface area contributed by atoms with Crippen molar-refractivity contribution >= 4 is 38.9 Å². The van der Waals surface area contributed by atoms with Crippen molar-refractivity contribution in [1.29, 1.82) is 0 Å². The average Bonchev–Trinajstić information content (AvgIpc) is 3.62. The Morgan fingerprint density at radius 3 is 1.29 bits per heavy atom. The fourth-order valence-electron chi connectivity index (χ4n) is 8.23. The van der Waals surface area contributed by atoms with Gasteiger partial charge >= 0.3 is 0 Å². The number of hydrogen-bond donors (Lipinski definition) is 0. The van der Waals surface area contributed by atoms with Gasteiger partial charge in [-0.15, -0.1) is 0 Å². The Kier molecular flexibility index (Phi) is 8.92. The van der Waals surface area contributed by atoms with Crippen LogP contribution in [0.5, 0.6) is 0 Å². The third-order valence-corrected chi connectivity index (χ3v) is 11.1. The zero-order valence-electron chi connectivity index (χ0n) is 32.4. The van der Waals surface area contributed by atoms with E-state index in [9.17, 15) is 0 Å². The highest BCUT2D eigenvalue weighted by Crippen LogP contribution is 2.40. The molecule has 4 heteroatoms. The number of rotatable bonds is 8. The number of nitrogens with zero attached hydrogens (tertiary/aromatic N) is 4. The van der Waals surface area contributed by atoms with Crippen LogP contribution in [0.2, 0.25) is 0 Å². The van der Waals surface area contributed by atoms with Crippen molar-refractivity contribution in [2.24, 2.45) is 0 Å². The van der Waals surface area contributed by atoms with E-state index in [1.807, 2.05) is 12.4 Å². The van der Waals surface area contributed by atoms with Crippen molar-refractivity contribution in [2.75, 3.05) is 4.90 Å². The van der Waals surface area contributed by atoms with Gasteiger partial charge in [-0.05, 0) is 120 Å². The first-order valence-corrected chi connectivity index (χ1v) is 19.7. The lowest BCUT2D eigenvalue weighted by atomic mass is 9.99. The number of anilines is 3. The molecule has 276 valence electrons. The Labute approximate surface area is 339 Å². The molecule has 0 atom stereocenters. The number of pyridine rings is 2. The number of aryl methyl sites for hydroxylation is 2. The van der Waals surface area contributed by atoms with E-state index in [1.165, 1.54) is 44.1 Å². The molecule has 3 heterocycles. The van der Waals surface area contributed by atoms with Crippen molar-refractivity contribution in [3.8, 4) is 50.5 Å². The number of hydrogen-bond acceptors (Lipinski definition) is 3. The summed E-state index contributed by atoms with van der Waals surface area (Å²) in [6.07, 6.45) is 3.97. The molecule has 0 N–H and O–H groups in total. The lowest BCUT2D eigenvalue weighted by Crippen LogP contribution is -2.10. The molecule has 0 aliphatic rings. The summed E-state index contributed by atoms with van der Waals surface area (Å²) >= 11 is 0. The highest BCUT2D eigenvalue weighted by atomic mass is 15.1. The Morgan fingerprint density at radius 1 is 0.379 bits per heavy atom. The summed E-state index contributed by atoms with van der Waals surface area (Å²) in [5.74, 6) is 0. The highest BCUT2D eigenvalue weighted by Gasteiger charge is 2.18. The first kappa shape index (κ1) is 34.9. The molecule has 0 unspecified atom stereocenters. The summed E-state index contributed by atoms with van der Waals surface area (Å²) in [6, 6.07) is 69.2. The fourth-order valence-corrected chi connectivity index (χ4v) is 8.23. The van der Waals surface area contributed by atoms with Crippen LogP contribution in [-0.4, -0.2) is 14.5 Å². The molecule has 58 heavy (non-hydrogen) atoms. The third kappa shape index (κ3) is 6.41. The van der Waals surface area contributed by atoms with Gasteiger partial charge in [-0.1, -0.05) is 121 Å². The number of fused-ring (bicyclic) bond motifs is 3. The van der Waals surface area contributed by atoms with Crippen LogP contribution in [0.25, 0.3) is 72.3 Å². The monoisotopic (exact) mass is 744 g/mol. The molecule has 0 radical (unpaired) electrons. The number of benzene rings is 7. The minimum absolute atomic E-state index is 0.930. The highest BCUT2D eigenvalue weighted by molar-refractivity contribution is 6.09. The van der Waals surface area contributed by atoms with Crippen LogP contribution in [0.3, 0.4) is 0 Å². The molecule has 4 nitrogen and oxygen atoms in total. The summed E-state index contributed by atoms with van der Waals surface area (Å²) in [4.78, 5) is 12.2. The Morgan fingerprint density at radius 2 is 0.810 bits per heavy atom. The normalized spacial score (nSPS) is 11.3. The molecule has 0 amide bonds. The molecule has 10 rings (SSSR count). The van der Waals surface area contributed by atoms with E-state index in [4.69, 9.17) is 9.97 Å². The van der Waals surface area contributed by atoms with Crippen LogP contribution in [0, 0.1) is 13.8 Å². The summed E-state index contributed by atoms with van der Waals surface area (Å²) in [7, 11) is 0. The molecule has 0 aliphatic carbocycles. The molecule has 0 saturated heterocycles. The lowest BCUT2D eigenvalue weighted by molar-refractivity contribution is 1.17. The van der Waals surface area contributed by atoms with E-state index in [0.29, 0.717) is 0 Å². The molecule has 7 aromatic carbocycles. The van der Waals surface area contributed by atoms with Crippen LogP contribution in [0.4, 0.5) is 17.1 Å². The second-order valence-corrected chi connectivity index (χ2v) is 14.8. The maximum atomic E-state index is 4.93. The van der Waals surface area contributed by atoms with Gasteiger partial charge in [0.2, 0.25) is 0 Å². The number of para-hydroxylation sites is 2. The zero-order valence-corrected chi connectivity index (χ0v) is 32.4. The van der Waals surface area contributed by atoms with Crippen molar-refractivity contribution in [3.63, 3.8) is 0 Å². The summed E-state index contributed by atoms with van der Waals surface area (Å²) < 4.78 is 2.36. The van der Waals surface area contributed by atoms with E-state index in [0.717, 1.165) is 56.4 Å². The topological polar surface area (TPSA) is 34.0 Å². The van der Waals surface area contributed by atoms with Gasteiger partial charge in [0.1, 0.15) is 0 Å². The second kappa shape index (κ2) is 14.8. The van der Waals surface area contributed by atoms with Crippen molar-refractivity contribution < 1.29 is 0 Å². The first-order valence-electron chi connectivity index (χ1n) is 19.7. The van der Waals surface area contributed by atoms with Crippen LogP contribution in [0.15, 0.2) is 207 Å². The first-order chi connectivity index (χ1) is 28.6. The van der Waals surface area contributed by atoms with Crippen molar-refractivity contribution in [1.82, 2.24) is 14.5 Å². The standard InChI is InChI=1S/C54H40N4/c1-37-35-55-51(33-49(37)39-15-5-3-6-16-39)41-19-13-21-45(31-41)57(46-22-14-20-42(32-46)52-34-50(38(2)36-56-52)40-17-7-4-8-18-40)43-27-29-44(30-28-43)58-53-25-11-9-23-47(53)48-24-10-12-26-54(48)58/h3-36H,1-2H3. The molecular weight excluding hydrogens is 705 g/mol. The maximum Gasteiger partial charge on any atom is 0.0709 e. The van der Waals surface area contributed by atoms with E-state index in [-0.39, 0.29) is 0 Å². The molecular formula is C54H40N4. The summed E-state index contributed by atoms with van der Waals surface area (Å²) in [5, 5.41) is 2.50. The van der Waals surface area contributed by atoms with Crippen LogP contribution in [-0.2, 0) is 0 Å². The zero-order chi connectivity index (χ0) is 39.0.